The summed E-state index contributed by atoms with van der Waals surface area (Å²) in [7, 11) is 1.68. The van der Waals surface area contributed by atoms with E-state index >= 15 is 0 Å². The third-order valence-electron chi connectivity index (χ3n) is 2.53. The first kappa shape index (κ1) is 14.5. The van der Waals surface area contributed by atoms with Gasteiger partial charge in [-0.15, -0.1) is 11.6 Å². The van der Waals surface area contributed by atoms with E-state index in [-0.39, 0.29) is 11.8 Å². The summed E-state index contributed by atoms with van der Waals surface area (Å²) >= 11 is 8.77. The number of benzene rings is 1. The zero-order chi connectivity index (χ0) is 12.8. The number of alkyl halides is 1. The van der Waals surface area contributed by atoms with Crippen molar-refractivity contribution in [3.05, 3.63) is 34.3 Å². The lowest BCUT2D eigenvalue weighted by molar-refractivity contribution is -0.127. The van der Waals surface area contributed by atoms with E-state index in [1.807, 2.05) is 24.3 Å². The SMILES string of the molecule is CN(CCC(O)c1ccc(Br)cc1)C(=O)CCl. The van der Waals surface area contributed by atoms with Crippen LogP contribution < -0.4 is 0 Å². The summed E-state index contributed by atoms with van der Waals surface area (Å²) < 4.78 is 0.975. The van der Waals surface area contributed by atoms with Crippen molar-refractivity contribution in [3.63, 3.8) is 0 Å². The molecule has 0 aliphatic heterocycles. The van der Waals surface area contributed by atoms with E-state index in [4.69, 9.17) is 11.6 Å². The van der Waals surface area contributed by atoms with Crippen LogP contribution >= 0.6 is 27.5 Å². The first-order chi connectivity index (χ1) is 8.04. The molecule has 1 atom stereocenters. The van der Waals surface area contributed by atoms with Gasteiger partial charge in [-0.2, -0.15) is 0 Å². The summed E-state index contributed by atoms with van der Waals surface area (Å²) in [5.41, 5.74) is 0.847. The zero-order valence-electron chi connectivity index (χ0n) is 9.57. The average molecular weight is 321 g/mol. The largest absolute Gasteiger partial charge is 0.388 e. The van der Waals surface area contributed by atoms with E-state index in [1.54, 1.807) is 7.05 Å². The number of halogens is 2. The summed E-state index contributed by atoms with van der Waals surface area (Å²) in [4.78, 5) is 12.7. The number of aliphatic hydroxyl groups excluding tert-OH is 1. The number of aliphatic hydroxyl groups is 1. The Morgan fingerprint density at radius 2 is 2.06 bits per heavy atom. The second-order valence-corrected chi connectivity index (χ2v) is 4.99. The van der Waals surface area contributed by atoms with Crippen LogP contribution in [0.1, 0.15) is 18.1 Å². The Morgan fingerprint density at radius 1 is 1.47 bits per heavy atom. The summed E-state index contributed by atoms with van der Waals surface area (Å²) in [5.74, 6) is -0.153. The second kappa shape index (κ2) is 6.99. The lowest BCUT2D eigenvalue weighted by Gasteiger charge is -2.18. The molecular formula is C12H15BrClNO2. The molecule has 0 saturated heterocycles. The molecule has 0 fully saturated rings. The molecule has 0 radical (unpaired) electrons. The first-order valence-corrected chi connectivity index (χ1v) is 6.60. The molecule has 0 aliphatic rings. The maximum absolute atomic E-state index is 11.2. The molecule has 1 amide bonds. The molecule has 1 aromatic carbocycles. The molecule has 0 spiro atoms. The fourth-order valence-corrected chi connectivity index (χ4v) is 1.86. The molecule has 0 saturated carbocycles. The normalized spacial score (nSPS) is 12.2. The van der Waals surface area contributed by atoms with Crippen molar-refractivity contribution in [3.8, 4) is 0 Å². The van der Waals surface area contributed by atoms with Gasteiger partial charge in [0.05, 0.1) is 6.10 Å². The van der Waals surface area contributed by atoms with Crippen molar-refractivity contribution in [2.75, 3.05) is 19.5 Å². The van der Waals surface area contributed by atoms with Gasteiger partial charge in [0, 0.05) is 18.1 Å². The maximum atomic E-state index is 11.2. The molecule has 1 aromatic rings. The third-order valence-corrected chi connectivity index (χ3v) is 3.29. The van der Waals surface area contributed by atoms with Gasteiger partial charge in [0.15, 0.2) is 0 Å². The first-order valence-electron chi connectivity index (χ1n) is 5.28. The molecule has 0 aliphatic carbocycles. The monoisotopic (exact) mass is 319 g/mol. The Morgan fingerprint density at radius 3 is 2.59 bits per heavy atom. The Bertz CT molecular complexity index is 369. The lowest BCUT2D eigenvalue weighted by Crippen LogP contribution is -2.29. The highest BCUT2D eigenvalue weighted by atomic mass is 79.9. The van der Waals surface area contributed by atoms with Crippen LogP contribution in [0, 0.1) is 0 Å². The minimum atomic E-state index is -0.561. The number of rotatable bonds is 5. The molecule has 0 aromatic heterocycles. The second-order valence-electron chi connectivity index (χ2n) is 3.80. The van der Waals surface area contributed by atoms with Crippen LogP contribution in [0.2, 0.25) is 0 Å². The molecule has 5 heteroatoms. The van der Waals surface area contributed by atoms with Gasteiger partial charge < -0.3 is 10.0 Å². The number of carbonyl (C=O) groups excluding carboxylic acids is 1. The molecule has 0 heterocycles. The lowest BCUT2D eigenvalue weighted by atomic mass is 10.1. The van der Waals surface area contributed by atoms with E-state index < -0.39 is 6.10 Å². The summed E-state index contributed by atoms with van der Waals surface area (Å²) in [5, 5.41) is 9.93. The highest BCUT2D eigenvalue weighted by Gasteiger charge is 2.11. The van der Waals surface area contributed by atoms with Crippen LogP contribution in [-0.2, 0) is 4.79 Å². The van der Waals surface area contributed by atoms with Gasteiger partial charge in [0.25, 0.3) is 0 Å². The third kappa shape index (κ3) is 4.66. The topological polar surface area (TPSA) is 40.5 Å². The van der Waals surface area contributed by atoms with Gasteiger partial charge in [-0.1, -0.05) is 28.1 Å². The van der Waals surface area contributed by atoms with E-state index in [0.717, 1.165) is 10.0 Å². The summed E-state index contributed by atoms with van der Waals surface area (Å²) in [6, 6.07) is 7.48. The van der Waals surface area contributed by atoms with Gasteiger partial charge in [-0.3, -0.25) is 4.79 Å². The van der Waals surface area contributed by atoms with Crippen LogP contribution in [0.25, 0.3) is 0 Å². The van der Waals surface area contributed by atoms with Crippen molar-refractivity contribution >= 4 is 33.4 Å². The highest BCUT2D eigenvalue weighted by Crippen LogP contribution is 2.19. The summed E-state index contributed by atoms with van der Waals surface area (Å²) in [6.07, 6.45) is -0.0607. The van der Waals surface area contributed by atoms with E-state index in [0.29, 0.717) is 13.0 Å². The zero-order valence-corrected chi connectivity index (χ0v) is 11.9. The van der Waals surface area contributed by atoms with Crippen molar-refractivity contribution in [2.45, 2.75) is 12.5 Å². The minimum absolute atomic E-state index is 0.0229. The van der Waals surface area contributed by atoms with Gasteiger partial charge in [0.2, 0.25) is 5.91 Å². The average Bonchev–Trinajstić information content (AvgIpc) is 2.35. The van der Waals surface area contributed by atoms with Crippen LogP contribution in [0.3, 0.4) is 0 Å². The number of carbonyl (C=O) groups is 1. The van der Waals surface area contributed by atoms with Crippen LogP contribution in [0.15, 0.2) is 28.7 Å². The quantitative estimate of drug-likeness (QED) is 0.847. The standard InChI is InChI=1S/C12H15BrClNO2/c1-15(12(17)8-14)7-6-11(16)9-2-4-10(13)5-3-9/h2-5,11,16H,6-8H2,1H3. The van der Waals surface area contributed by atoms with Crippen molar-refractivity contribution in [1.29, 1.82) is 0 Å². The van der Waals surface area contributed by atoms with Crippen LogP contribution in [-0.4, -0.2) is 35.4 Å². The molecule has 3 nitrogen and oxygen atoms in total. The van der Waals surface area contributed by atoms with Crippen molar-refractivity contribution < 1.29 is 9.90 Å². The van der Waals surface area contributed by atoms with E-state index in [1.165, 1.54) is 4.90 Å². The summed E-state index contributed by atoms with van der Waals surface area (Å²) in [6.45, 7) is 0.489. The van der Waals surface area contributed by atoms with Gasteiger partial charge >= 0.3 is 0 Å². The molecule has 94 valence electrons. The molecule has 1 rings (SSSR count). The number of hydrogen-bond donors (Lipinski definition) is 1. The minimum Gasteiger partial charge on any atom is -0.388 e. The fraction of sp³-hybridized carbons (Fsp3) is 0.417. The predicted octanol–water partition coefficient (Wildman–Crippen LogP) is 2.57. The maximum Gasteiger partial charge on any atom is 0.237 e. The van der Waals surface area contributed by atoms with Crippen molar-refractivity contribution in [1.82, 2.24) is 4.90 Å². The number of amides is 1. The van der Waals surface area contributed by atoms with E-state index in [9.17, 15) is 9.90 Å². The van der Waals surface area contributed by atoms with Crippen molar-refractivity contribution in [2.24, 2.45) is 0 Å². The van der Waals surface area contributed by atoms with E-state index in [2.05, 4.69) is 15.9 Å². The van der Waals surface area contributed by atoms with Gasteiger partial charge in [-0.25, -0.2) is 0 Å². The highest BCUT2D eigenvalue weighted by molar-refractivity contribution is 9.10. The Hall–Kier alpha value is -0.580. The molecule has 0 bridgehead atoms. The van der Waals surface area contributed by atoms with Crippen LogP contribution in [0.4, 0.5) is 0 Å². The molecule has 17 heavy (non-hydrogen) atoms. The fourth-order valence-electron chi connectivity index (χ4n) is 1.39. The molecule has 1 unspecified atom stereocenters. The Balaban J connectivity index is 2.47. The predicted molar refractivity (Wildman–Crippen MR) is 72.1 cm³/mol. The van der Waals surface area contributed by atoms with Crippen LogP contribution in [0.5, 0.6) is 0 Å². The van der Waals surface area contributed by atoms with Gasteiger partial charge in [-0.05, 0) is 24.1 Å². The Labute approximate surface area is 115 Å². The van der Waals surface area contributed by atoms with Gasteiger partial charge in [0.1, 0.15) is 5.88 Å². The smallest absolute Gasteiger partial charge is 0.237 e. The number of nitrogens with zero attached hydrogens (tertiary/aromatic N) is 1. The number of hydrogen-bond acceptors (Lipinski definition) is 2. The Kier molecular flexibility index (Phi) is 5.95. The molecular weight excluding hydrogens is 305 g/mol. The molecule has 1 N–H and O–H groups in total.